The van der Waals surface area contributed by atoms with Crippen molar-refractivity contribution in [3.63, 3.8) is 0 Å². The van der Waals surface area contributed by atoms with Crippen LogP contribution in [0.25, 0.3) is 0 Å². The molecule has 0 aliphatic carbocycles. The first kappa shape index (κ1) is 9.48. The molecular formula is C8H15NO3. The van der Waals surface area contributed by atoms with E-state index in [1.54, 1.807) is 7.11 Å². The standard InChI is InChI=1S/C8H15NO3/c1-11-7-5-9-4-3-6(7)8(10)12-2/h6-7,9H,3-5H2,1-2H3. The van der Waals surface area contributed by atoms with E-state index in [9.17, 15) is 4.79 Å². The number of methoxy groups -OCH3 is 2. The van der Waals surface area contributed by atoms with Crippen LogP contribution >= 0.6 is 0 Å². The minimum absolute atomic E-state index is 0.0359. The minimum atomic E-state index is -0.164. The largest absolute Gasteiger partial charge is 0.469 e. The van der Waals surface area contributed by atoms with Crippen LogP contribution in [0.15, 0.2) is 0 Å². The van der Waals surface area contributed by atoms with Crippen molar-refractivity contribution >= 4 is 5.97 Å². The number of nitrogens with one attached hydrogen (secondary N) is 1. The molecule has 1 heterocycles. The summed E-state index contributed by atoms with van der Waals surface area (Å²) in [5.74, 6) is -0.260. The lowest BCUT2D eigenvalue weighted by Gasteiger charge is -2.28. The number of ether oxygens (including phenoxy) is 2. The normalized spacial score (nSPS) is 29.8. The van der Waals surface area contributed by atoms with Crippen molar-refractivity contribution in [2.75, 3.05) is 27.3 Å². The van der Waals surface area contributed by atoms with E-state index in [0.717, 1.165) is 19.5 Å². The molecule has 1 aliphatic heterocycles. The molecule has 0 saturated carbocycles. The summed E-state index contributed by atoms with van der Waals surface area (Å²) in [6, 6.07) is 0. The fraction of sp³-hybridized carbons (Fsp3) is 0.875. The van der Waals surface area contributed by atoms with Gasteiger partial charge in [0.25, 0.3) is 0 Å². The van der Waals surface area contributed by atoms with Gasteiger partial charge in [0.1, 0.15) is 0 Å². The third-order valence-corrected chi connectivity index (χ3v) is 2.23. The Hall–Kier alpha value is -0.610. The highest BCUT2D eigenvalue weighted by Crippen LogP contribution is 2.16. The van der Waals surface area contributed by atoms with Crippen molar-refractivity contribution in [1.82, 2.24) is 5.32 Å². The number of carbonyl (C=O) groups excluding carboxylic acids is 1. The van der Waals surface area contributed by atoms with Gasteiger partial charge in [0.15, 0.2) is 0 Å². The van der Waals surface area contributed by atoms with Crippen LogP contribution < -0.4 is 5.32 Å². The van der Waals surface area contributed by atoms with Gasteiger partial charge in [0, 0.05) is 13.7 Å². The van der Waals surface area contributed by atoms with Crippen molar-refractivity contribution in [3.05, 3.63) is 0 Å². The van der Waals surface area contributed by atoms with Crippen LogP contribution in [-0.4, -0.2) is 39.4 Å². The number of hydrogen-bond donors (Lipinski definition) is 1. The van der Waals surface area contributed by atoms with Crippen LogP contribution in [0.3, 0.4) is 0 Å². The summed E-state index contributed by atoms with van der Waals surface area (Å²) >= 11 is 0. The van der Waals surface area contributed by atoms with Gasteiger partial charge in [-0.05, 0) is 13.0 Å². The molecule has 1 fully saturated rings. The zero-order valence-electron chi connectivity index (χ0n) is 7.50. The molecular weight excluding hydrogens is 158 g/mol. The van der Waals surface area contributed by atoms with Gasteiger partial charge in [-0.3, -0.25) is 4.79 Å². The van der Waals surface area contributed by atoms with Crippen molar-refractivity contribution in [2.45, 2.75) is 12.5 Å². The van der Waals surface area contributed by atoms with Crippen molar-refractivity contribution in [1.29, 1.82) is 0 Å². The molecule has 1 saturated heterocycles. The molecule has 2 unspecified atom stereocenters. The summed E-state index contributed by atoms with van der Waals surface area (Å²) in [6.45, 7) is 1.59. The topological polar surface area (TPSA) is 47.6 Å². The number of rotatable bonds is 2. The second-order valence-corrected chi connectivity index (χ2v) is 2.90. The third kappa shape index (κ3) is 1.95. The maximum absolute atomic E-state index is 11.2. The van der Waals surface area contributed by atoms with Gasteiger partial charge < -0.3 is 14.8 Å². The lowest BCUT2D eigenvalue weighted by molar-refractivity contribution is -0.151. The van der Waals surface area contributed by atoms with E-state index in [0.29, 0.717) is 0 Å². The molecule has 0 aromatic heterocycles. The van der Waals surface area contributed by atoms with E-state index >= 15 is 0 Å². The van der Waals surface area contributed by atoms with Gasteiger partial charge >= 0.3 is 5.97 Å². The first-order valence-electron chi connectivity index (χ1n) is 4.11. The lowest BCUT2D eigenvalue weighted by Crippen LogP contribution is -2.45. The van der Waals surface area contributed by atoms with Crippen molar-refractivity contribution in [2.24, 2.45) is 5.92 Å². The molecule has 1 aliphatic rings. The first-order valence-corrected chi connectivity index (χ1v) is 4.11. The van der Waals surface area contributed by atoms with Gasteiger partial charge in [0.2, 0.25) is 0 Å². The smallest absolute Gasteiger partial charge is 0.311 e. The fourth-order valence-electron chi connectivity index (χ4n) is 1.50. The highest BCUT2D eigenvalue weighted by Gasteiger charge is 2.31. The summed E-state index contributed by atoms with van der Waals surface area (Å²) in [7, 11) is 3.03. The molecule has 0 aromatic rings. The average Bonchev–Trinajstić information content (AvgIpc) is 2.16. The molecule has 4 nitrogen and oxygen atoms in total. The molecule has 0 bridgehead atoms. The van der Waals surface area contributed by atoms with Crippen LogP contribution in [0.5, 0.6) is 0 Å². The Morgan fingerprint density at radius 3 is 2.83 bits per heavy atom. The number of piperidine rings is 1. The summed E-state index contributed by atoms with van der Waals surface area (Å²) in [6.07, 6.45) is 0.761. The molecule has 0 spiro atoms. The quantitative estimate of drug-likeness (QED) is 0.587. The molecule has 4 heteroatoms. The lowest BCUT2D eigenvalue weighted by atomic mass is 9.95. The summed E-state index contributed by atoms with van der Waals surface area (Å²) < 4.78 is 9.84. The minimum Gasteiger partial charge on any atom is -0.469 e. The Morgan fingerprint density at radius 2 is 2.25 bits per heavy atom. The van der Waals surface area contributed by atoms with Gasteiger partial charge in [-0.1, -0.05) is 0 Å². The molecule has 1 rings (SSSR count). The zero-order chi connectivity index (χ0) is 8.97. The Balaban J connectivity index is 2.52. The second kappa shape index (κ2) is 4.42. The second-order valence-electron chi connectivity index (χ2n) is 2.90. The molecule has 2 atom stereocenters. The van der Waals surface area contributed by atoms with Crippen LogP contribution in [-0.2, 0) is 14.3 Å². The predicted octanol–water partition coefficient (Wildman–Crippen LogP) is -0.216. The van der Waals surface area contributed by atoms with E-state index < -0.39 is 0 Å². The van der Waals surface area contributed by atoms with Gasteiger partial charge in [-0.25, -0.2) is 0 Å². The molecule has 0 aromatic carbocycles. The summed E-state index contributed by atoms with van der Waals surface area (Å²) in [5, 5.41) is 3.16. The first-order chi connectivity index (χ1) is 5.79. The van der Waals surface area contributed by atoms with E-state index in [1.807, 2.05) is 0 Å². The van der Waals surface area contributed by atoms with Gasteiger partial charge in [-0.2, -0.15) is 0 Å². The monoisotopic (exact) mass is 173 g/mol. The van der Waals surface area contributed by atoms with E-state index in [2.05, 4.69) is 10.1 Å². The van der Waals surface area contributed by atoms with E-state index in [4.69, 9.17) is 4.74 Å². The number of hydrogen-bond acceptors (Lipinski definition) is 4. The highest BCUT2D eigenvalue weighted by atomic mass is 16.5. The Kier molecular flexibility index (Phi) is 3.49. The highest BCUT2D eigenvalue weighted by molar-refractivity contribution is 5.73. The summed E-state index contributed by atoms with van der Waals surface area (Å²) in [4.78, 5) is 11.2. The Labute approximate surface area is 72.2 Å². The van der Waals surface area contributed by atoms with Crippen LogP contribution in [0, 0.1) is 5.92 Å². The van der Waals surface area contributed by atoms with Crippen molar-refractivity contribution < 1.29 is 14.3 Å². The number of carbonyl (C=O) groups is 1. The van der Waals surface area contributed by atoms with Crippen molar-refractivity contribution in [3.8, 4) is 0 Å². The van der Waals surface area contributed by atoms with Gasteiger partial charge in [-0.15, -0.1) is 0 Å². The molecule has 0 radical (unpaired) electrons. The maximum atomic E-state index is 11.2. The zero-order valence-corrected chi connectivity index (χ0v) is 7.50. The predicted molar refractivity (Wildman–Crippen MR) is 43.8 cm³/mol. The summed E-state index contributed by atoms with van der Waals surface area (Å²) in [5.41, 5.74) is 0. The van der Waals surface area contributed by atoms with Crippen LogP contribution in [0.1, 0.15) is 6.42 Å². The van der Waals surface area contributed by atoms with Crippen LogP contribution in [0.2, 0.25) is 0 Å². The van der Waals surface area contributed by atoms with E-state index in [1.165, 1.54) is 7.11 Å². The Bertz CT molecular complexity index is 160. The average molecular weight is 173 g/mol. The molecule has 12 heavy (non-hydrogen) atoms. The number of esters is 1. The van der Waals surface area contributed by atoms with Crippen LogP contribution in [0.4, 0.5) is 0 Å². The fourth-order valence-corrected chi connectivity index (χ4v) is 1.50. The maximum Gasteiger partial charge on any atom is 0.311 e. The van der Waals surface area contributed by atoms with Gasteiger partial charge in [0.05, 0.1) is 19.1 Å². The molecule has 0 amide bonds. The molecule has 1 N–H and O–H groups in total. The SMILES string of the molecule is COC(=O)C1CCNCC1OC. The Morgan fingerprint density at radius 1 is 1.50 bits per heavy atom. The van der Waals surface area contributed by atoms with E-state index in [-0.39, 0.29) is 18.0 Å². The third-order valence-electron chi connectivity index (χ3n) is 2.23. The molecule has 70 valence electrons.